The molecule has 2 rings (SSSR count). The minimum absolute atomic E-state index is 0.273. The first-order valence-corrected chi connectivity index (χ1v) is 6.92. The molecule has 0 radical (unpaired) electrons. The molecule has 7 heteroatoms. The summed E-state index contributed by atoms with van der Waals surface area (Å²) in [5.41, 5.74) is 0. The first-order chi connectivity index (χ1) is 9.66. The quantitative estimate of drug-likeness (QED) is 0.642. The minimum Gasteiger partial charge on any atom is -0.481 e. The smallest absolute Gasteiger partial charge is 0.315 e. The second kappa shape index (κ2) is 6.93. The van der Waals surface area contributed by atoms with Crippen LogP contribution < -0.4 is 10.6 Å². The van der Waals surface area contributed by atoms with Gasteiger partial charge >= 0.3 is 12.0 Å². The number of carbonyl (C=O) groups is 2. The van der Waals surface area contributed by atoms with Crippen molar-refractivity contribution in [3.05, 3.63) is 18.2 Å². The molecule has 7 nitrogen and oxygen atoms in total. The fourth-order valence-corrected chi connectivity index (χ4v) is 2.55. The van der Waals surface area contributed by atoms with Crippen LogP contribution in [0, 0.1) is 5.92 Å². The fraction of sp³-hybridized carbons (Fsp3) is 0.615. The Morgan fingerprint density at radius 3 is 2.90 bits per heavy atom. The van der Waals surface area contributed by atoms with E-state index in [0.29, 0.717) is 19.4 Å². The van der Waals surface area contributed by atoms with Crippen LogP contribution in [0.1, 0.15) is 31.5 Å². The fourth-order valence-electron chi connectivity index (χ4n) is 2.55. The average Bonchev–Trinajstić information content (AvgIpc) is 2.92. The van der Waals surface area contributed by atoms with Crippen molar-refractivity contribution in [2.75, 3.05) is 6.54 Å². The van der Waals surface area contributed by atoms with Crippen molar-refractivity contribution in [3.63, 3.8) is 0 Å². The van der Waals surface area contributed by atoms with E-state index in [1.54, 1.807) is 12.4 Å². The summed E-state index contributed by atoms with van der Waals surface area (Å²) >= 11 is 0. The summed E-state index contributed by atoms with van der Waals surface area (Å²) in [6.07, 6.45) is 7.24. The molecule has 20 heavy (non-hydrogen) atoms. The zero-order valence-corrected chi connectivity index (χ0v) is 11.3. The SMILES string of the molecule is O=C(NCCc1ncc[nH]1)NC1CCCCC1C(=O)O. The Balaban J connectivity index is 1.73. The van der Waals surface area contributed by atoms with Crippen LogP contribution in [0.15, 0.2) is 12.4 Å². The molecule has 110 valence electrons. The van der Waals surface area contributed by atoms with Crippen LogP contribution in [0.4, 0.5) is 4.79 Å². The van der Waals surface area contributed by atoms with Crippen LogP contribution in [0.2, 0.25) is 0 Å². The molecule has 1 aliphatic rings. The maximum atomic E-state index is 11.8. The second-order valence-corrected chi connectivity index (χ2v) is 5.02. The predicted octanol–water partition coefficient (Wildman–Crippen LogP) is 0.895. The molecular weight excluding hydrogens is 260 g/mol. The average molecular weight is 280 g/mol. The van der Waals surface area contributed by atoms with Gasteiger partial charge in [0.15, 0.2) is 0 Å². The summed E-state index contributed by atoms with van der Waals surface area (Å²) < 4.78 is 0. The van der Waals surface area contributed by atoms with E-state index in [4.69, 9.17) is 5.11 Å². The van der Waals surface area contributed by atoms with E-state index in [-0.39, 0.29) is 12.1 Å². The highest BCUT2D eigenvalue weighted by Gasteiger charge is 2.31. The number of aromatic amines is 1. The third-order valence-electron chi connectivity index (χ3n) is 3.60. The van der Waals surface area contributed by atoms with Gasteiger partial charge in [0.1, 0.15) is 5.82 Å². The third-order valence-corrected chi connectivity index (χ3v) is 3.60. The van der Waals surface area contributed by atoms with Gasteiger partial charge in [-0.15, -0.1) is 0 Å². The Labute approximate surface area is 117 Å². The molecule has 2 atom stereocenters. The van der Waals surface area contributed by atoms with E-state index in [1.165, 1.54) is 0 Å². The van der Waals surface area contributed by atoms with Crippen molar-refractivity contribution in [3.8, 4) is 0 Å². The zero-order valence-electron chi connectivity index (χ0n) is 11.3. The van der Waals surface area contributed by atoms with Crippen LogP contribution in [0.25, 0.3) is 0 Å². The largest absolute Gasteiger partial charge is 0.481 e. The first kappa shape index (κ1) is 14.4. The van der Waals surface area contributed by atoms with E-state index in [0.717, 1.165) is 25.1 Å². The highest BCUT2D eigenvalue weighted by atomic mass is 16.4. The third kappa shape index (κ3) is 3.97. The van der Waals surface area contributed by atoms with Gasteiger partial charge in [0.05, 0.1) is 5.92 Å². The van der Waals surface area contributed by atoms with Gasteiger partial charge in [0.25, 0.3) is 0 Å². The van der Waals surface area contributed by atoms with Gasteiger partial charge in [0.2, 0.25) is 0 Å². The van der Waals surface area contributed by atoms with Crippen molar-refractivity contribution >= 4 is 12.0 Å². The molecule has 4 N–H and O–H groups in total. The van der Waals surface area contributed by atoms with E-state index in [2.05, 4.69) is 20.6 Å². The van der Waals surface area contributed by atoms with Crippen molar-refractivity contribution in [2.45, 2.75) is 38.1 Å². The van der Waals surface area contributed by atoms with Crippen molar-refractivity contribution in [1.82, 2.24) is 20.6 Å². The number of carboxylic acids is 1. The summed E-state index contributed by atoms with van der Waals surface area (Å²) in [4.78, 5) is 29.9. The number of amides is 2. The lowest BCUT2D eigenvalue weighted by Gasteiger charge is -2.29. The molecule has 1 saturated carbocycles. The Morgan fingerprint density at radius 2 is 2.20 bits per heavy atom. The van der Waals surface area contributed by atoms with Gasteiger partial charge in [-0.05, 0) is 12.8 Å². The Hall–Kier alpha value is -2.05. The van der Waals surface area contributed by atoms with Crippen molar-refractivity contribution in [1.29, 1.82) is 0 Å². The highest BCUT2D eigenvalue weighted by Crippen LogP contribution is 2.24. The van der Waals surface area contributed by atoms with Crippen LogP contribution in [0.3, 0.4) is 0 Å². The normalized spacial score (nSPS) is 22.2. The van der Waals surface area contributed by atoms with E-state index >= 15 is 0 Å². The van der Waals surface area contributed by atoms with E-state index < -0.39 is 11.9 Å². The highest BCUT2D eigenvalue weighted by molar-refractivity contribution is 5.76. The van der Waals surface area contributed by atoms with Crippen molar-refractivity contribution in [2.24, 2.45) is 5.92 Å². The molecule has 0 aromatic carbocycles. The monoisotopic (exact) mass is 280 g/mol. The number of urea groups is 1. The van der Waals surface area contributed by atoms with Crippen LogP contribution >= 0.6 is 0 Å². The maximum absolute atomic E-state index is 11.8. The van der Waals surface area contributed by atoms with E-state index in [1.807, 2.05) is 0 Å². The first-order valence-electron chi connectivity index (χ1n) is 6.92. The standard InChI is InChI=1S/C13H20N4O3/c18-12(19)9-3-1-2-4-10(9)17-13(20)16-6-5-11-14-7-8-15-11/h7-10H,1-6H2,(H,14,15)(H,18,19)(H2,16,17,20). The van der Waals surface area contributed by atoms with Crippen LogP contribution in [-0.4, -0.2) is 39.7 Å². The molecule has 0 aliphatic heterocycles. The number of aliphatic carboxylic acids is 1. The lowest BCUT2D eigenvalue weighted by Crippen LogP contribution is -2.49. The lowest BCUT2D eigenvalue weighted by molar-refractivity contribution is -0.143. The molecule has 0 spiro atoms. The summed E-state index contributed by atoms with van der Waals surface area (Å²) in [7, 11) is 0. The molecule has 1 heterocycles. The van der Waals surface area contributed by atoms with Gasteiger partial charge in [0, 0.05) is 31.4 Å². The number of carbonyl (C=O) groups excluding carboxylic acids is 1. The summed E-state index contributed by atoms with van der Waals surface area (Å²) in [6.45, 7) is 0.462. The number of aromatic nitrogens is 2. The number of H-pyrrole nitrogens is 1. The van der Waals surface area contributed by atoms with E-state index in [9.17, 15) is 9.59 Å². The molecule has 0 saturated heterocycles. The van der Waals surface area contributed by atoms with Gasteiger partial charge in [-0.25, -0.2) is 9.78 Å². The molecular formula is C13H20N4O3. The van der Waals surface area contributed by atoms with Crippen LogP contribution in [0.5, 0.6) is 0 Å². The van der Waals surface area contributed by atoms with Gasteiger partial charge in [-0.3, -0.25) is 4.79 Å². The summed E-state index contributed by atoms with van der Waals surface area (Å²) in [6, 6.07) is -0.584. The summed E-state index contributed by atoms with van der Waals surface area (Å²) in [5, 5.41) is 14.6. The minimum atomic E-state index is -0.828. The topological polar surface area (TPSA) is 107 Å². The number of nitrogens with one attached hydrogen (secondary N) is 3. The van der Waals surface area contributed by atoms with Gasteiger partial charge in [-0.2, -0.15) is 0 Å². The maximum Gasteiger partial charge on any atom is 0.315 e. The number of carboxylic acid groups (broad SMARTS) is 1. The predicted molar refractivity (Wildman–Crippen MR) is 72.2 cm³/mol. The van der Waals surface area contributed by atoms with Gasteiger partial charge in [-0.1, -0.05) is 12.8 Å². The number of imidazole rings is 1. The molecule has 1 aromatic heterocycles. The molecule has 1 aliphatic carbocycles. The van der Waals surface area contributed by atoms with Crippen molar-refractivity contribution < 1.29 is 14.7 Å². The molecule has 2 unspecified atom stereocenters. The zero-order chi connectivity index (χ0) is 14.4. The Morgan fingerprint density at radius 1 is 1.40 bits per heavy atom. The second-order valence-electron chi connectivity index (χ2n) is 5.02. The number of rotatable bonds is 5. The number of hydrogen-bond acceptors (Lipinski definition) is 3. The lowest BCUT2D eigenvalue weighted by atomic mass is 9.84. The molecule has 1 aromatic rings. The number of nitrogens with zero attached hydrogens (tertiary/aromatic N) is 1. The van der Waals surface area contributed by atoms with Crippen LogP contribution in [-0.2, 0) is 11.2 Å². The number of hydrogen-bond donors (Lipinski definition) is 4. The Bertz CT molecular complexity index is 446. The molecule has 0 bridgehead atoms. The molecule has 2 amide bonds. The Kier molecular flexibility index (Phi) is 4.97. The molecule has 1 fully saturated rings. The summed E-state index contributed by atoms with van der Waals surface area (Å²) in [5.74, 6) is -0.489. The van der Waals surface area contributed by atoms with Gasteiger partial charge < -0.3 is 20.7 Å².